The molecule has 0 atom stereocenters. The first-order valence-corrected chi connectivity index (χ1v) is 1.02. The molecule has 0 aromatic rings. The molecule has 8 heavy (non-hydrogen) atoms. The summed E-state index contributed by atoms with van der Waals surface area (Å²) in [5.41, 5.74) is 0. The minimum Gasteiger partial charge on any atom is -0.466 e. The van der Waals surface area contributed by atoms with E-state index in [2.05, 4.69) is 15.7 Å². The normalized spacial score (nSPS) is 2.00. The van der Waals surface area contributed by atoms with E-state index in [1.54, 1.807) is 0 Å². The van der Waals surface area contributed by atoms with Gasteiger partial charge >= 0.3 is 59.1 Å². The molecule has 0 aromatic heterocycles. The molecule has 0 saturated carbocycles. The SMILES string of the molecule is [B-]C#N.[B-]C#N.[Na+].[Na+]. The van der Waals surface area contributed by atoms with Crippen molar-refractivity contribution in [2.24, 2.45) is 0 Å². The van der Waals surface area contributed by atoms with Crippen molar-refractivity contribution in [3.63, 3.8) is 0 Å². The predicted molar refractivity (Wildman–Crippen MR) is 22.7 cm³/mol. The Hall–Kier alpha value is 1.11. The van der Waals surface area contributed by atoms with E-state index in [4.69, 9.17) is 10.5 Å². The van der Waals surface area contributed by atoms with Gasteiger partial charge in [-0.25, -0.2) is 0 Å². The molecular formula is C2B2N2Na2. The first-order valence-electron chi connectivity index (χ1n) is 1.02. The van der Waals surface area contributed by atoms with Crippen LogP contribution in [0.4, 0.5) is 0 Å². The van der Waals surface area contributed by atoms with Gasteiger partial charge in [-0.15, -0.1) is 0 Å². The average Bonchev–Trinajstić information content (AvgIpc) is 1.39. The van der Waals surface area contributed by atoms with Crippen molar-refractivity contribution in [2.45, 2.75) is 0 Å². The van der Waals surface area contributed by atoms with Crippen LogP contribution in [0.2, 0.25) is 0 Å². The summed E-state index contributed by atoms with van der Waals surface area (Å²) < 4.78 is 0. The number of hydrogen-bond donors (Lipinski definition) is 0. The van der Waals surface area contributed by atoms with Gasteiger partial charge in [-0.2, -0.15) is 0 Å². The number of hydrogen-bond acceptors (Lipinski definition) is 2. The molecule has 26 valence electrons. The van der Waals surface area contributed by atoms with Gasteiger partial charge in [-0.3, -0.25) is 22.5 Å². The van der Waals surface area contributed by atoms with E-state index in [9.17, 15) is 0 Å². The molecule has 0 aliphatic rings. The minimum atomic E-state index is 0. The second kappa shape index (κ2) is 42.4. The largest absolute Gasteiger partial charge is 1.00 e. The molecule has 6 radical (unpaired) electrons. The summed E-state index contributed by atoms with van der Waals surface area (Å²) in [6.07, 6.45) is 0. The first kappa shape index (κ1) is 22.9. The van der Waals surface area contributed by atoms with E-state index in [1.165, 1.54) is 11.9 Å². The third-order valence-electron chi connectivity index (χ3n) is 0. The number of nitrogens with zero attached hydrogens (tertiary/aromatic N) is 2. The summed E-state index contributed by atoms with van der Waals surface area (Å²) in [6.45, 7) is 0. The van der Waals surface area contributed by atoms with E-state index in [0.717, 1.165) is 0 Å². The molecule has 0 unspecified atom stereocenters. The maximum absolute atomic E-state index is 7.10. The molecule has 0 rings (SSSR count). The standard InChI is InChI=1S/2CBN.2Na/c2*2-1-3;;/q2*-1;2*+1. The second-order valence-electron chi connectivity index (χ2n) is 0.258. The fraction of sp³-hybridized carbons (Fsp3) is 0. The molecule has 0 amide bonds. The molecule has 0 N–H and O–H groups in total. The van der Waals surface area contributed by atoms with E-state index in [-0.39, 0.29) is 59.1 Å². The van der Waals surface area contributed by atoms with Gasteiger partial charge in [0.2, 0.25) is 0 Å². The average molecular weight is 120 g/mol. The number of nitriles is 2. The van der Waals surface area contributed by atoms with Crippen LogP contribution in [0.15, 0.2) is 0 Å². The van der Waals surface area contributed by atoms with Crippen LogP contribution < -0.4 is 59.1 Å². The smallest absolute Gasteiger partial charge is 0.466 e. The summed E-state index contributed by atoms with van der Waals surface area (Å²) >= 11 is 0. The second-order valence-corrected chi connectivity index (χ2v) is 0.258. The fourth-order valence-electron chi connectivity index (χ4n) is 0. The molecule has 2 nitrogen and oxygen atoms in total. The first-order chi connectivity index (χ1) is 2.83. The quantitative estimate of drug-likeness (QED) is 0.298. The maximum Gasteiger partial charge on any atom is 1.00 e. The molecule has 0 fully saturated rings. The Morgan fingerprint density at radius 3 is 0.875 bits per heavy atom. The topological polar surface area (TPSA) is 47.6 Å². The molecule has 0 spiro atoms. The van der Waals surface area contributed by atoms with Crippen molar-refractivity contribution in [3.8, 4) is 11.9 Å². The van der Waals surface area contributed by atoms with Crippen molar-refractivity contribution < 1.29 is 59.1 Å². The van der Waals surface area contributed by atoms with E-state index in [1.807, 2.05) is 0 Å². The fourth-order valence-corrected chi connectivity index (χ4v) is 0. The van der Waals surface area contributed by atoms with E-state index in [0.29, 0.717) is 0 Å². The Bertz CT molecular complexity index is 71.0. The van der Waals surface area contributed by atoms with Gasteiger partial charge in [0.1, 0.15) is 0 Å². The molecule has 0 heterocycles. The van der Waals surface area contributed by atoms with Crippen LogP contribution in [0.25, 0.3) is 0 Å². The zero-order valence-corrected chi connectivity index (χ0v) is 9.05. The molecule has 6 heteroatoms. The Morgan fingerprint density at radius 2 is 0.875 bits per heavy atom. The summed E-state index contributed by atoms with van der Waals surface area (Å²) in [4.78, 5) is 0. The summed E-state index contributed by atoms with van der Waals surface area (Å²) in [7, 11) is 8.31. The molecular weight excluding hydrogens is 120 g/mol. The molecule has 0 aromatic carbocycles. The minimum absolute atomic E-state index is 0. The zero-order valence-electron chi connectivity index (χ0n) is 5.05. The van der Waals surface area contributed by atoms with Crippen LogP contribution in [0.1, 0.15) is 0 Å². The van der Waals surface area contributed by atoms with Crippen LogP contribution in [-0.4, -0.2) is 15.7 Å². The Morgan fingerprint density at radius 1 is 0.875 bits per heavy atom. The van der Waals surface area contributed by atoms with Crippen LogP contribution >= 0.6 is 0 Å². The molecule has 0 bridgehead atoms. The molecule has 0 aliphatic carbocycles. The van der Waals surface area contributed by atoms with Gasteiger partial charge in [0.25, 0.3) is 0 Å². The Balaban J connectivity index is -0.0000000160. The third-order valence-corrected chi connectivity index (χ3v) is 0. The van der Waals surface area contributed by atoms with Gasteiger partial charge in [0.05, 0.1) is 0 Å². The van der Waals surface area contributed by atoms with Gasteiger partial charge < -0.3 is 15.7 Å². The number of rotatable bonds is 0. The van der Waals surface area contributed by atoms with E-state index < -0.39 is 0 Å². The van der Waals surface area contributed by atoms with Crippen LogP contribution in [-0.2, 0) is 0 Å². The third kappa shape index (κ3) is 215. The zero-order chi connectivity index (χ0) is 5.41. The predicted octanol–water partition coefficient (Wildman–Crippen LogP) is -6.72. The summed E-state index contributed by atoms with van der Waals surface area (Å²) in [6, 6.07) is 0. The summed E-state index contributed by atoms with van der Waals surface area (Å²) in [5, 5.41) is 14.2. The monoisotopic (exact) mass is 120 g/mol. The van der Waals surface area contributed by atoms with Crippen molar-refractivity contribution in [2.75, 3.05) is 0 Å². The van der Waals surface area contributed by atoms with E-state index >= 15 is 0 Å². The Kier molecular flexibility index (Phi) is 122. The van der Waals surface area contributed by atoms with Crippen LogP contribution in [0, 0.1) is 22.5 Å². The van der Waals surface area contributed by atoms with Gasteiger partial charge in [-0.05, 0) is 0 Å². The maximum atomic E-state index is 7.10. The van der Waals surface area contributed by atoms with Gasteiger partial charge in [-0.1, -0.05) is 0 Å². The Labute approximate surface area is 96.0 Å². The van der Waals surface area contributed by atoms with Crippen LogP contribution in [0.3, 0.4) is 0 Å². The summed E-state index contributed by atoms with van der Waals surface area (Å²) in [5.74, 6) is 2.50. The van der Waals surface area contributed by atoms with Gasteiger partial charge in [0.15, 0.2) is 0 Å². The van der Waals surface area contributed by atoms with Crippen molar-refractivity contribution in [3.05, 3.63) is 0 Å². The van der Waals surface area contributed by atoms with Crippen molar-refractivity contribution in [1.82, 2.24) is 0 Å². The van der Waals surface area contributed by atoms with Crippen LogP contribution in [0.5, 0.6) is 0 Å². The van der Waals surface area contributed by atoms with Gasteiger partial charge in [0, 0.05) is 0 Å². The van der Waals surface area contributed by atoms with Crippen molar-refractivity contribution in [1.29, 1.82) is 10.5 Å². The molecule has 0 saturated heterocycles. The van der Waals surface area contributed by atoms with Crippen molar-refractivity contribution >= 4 is 15.7 Å². The molecule has 0 aliphatic heterocycles.